The van der Waals surface area contributed by atoms with Crippen molar-refractivity contribution in [3.05, 3.63) is 25.3 Å². The first-order valence-corrected chi connectivity index (χ1v) is 12.1. The summed E-state index contributed by atoms with van der Waals surface area (Å²) in [6, 6.07) is -0.944. The molecule has 3 aliphatic heterocycles. The number of hydrogen-bond acceptors (Lipinski definition) is 6. The fourth-order valence-electron chi connectivity index (χ4n) is 5.40. The van der Waals surface area contributed by atoms with E-state index in [1.54, 1.807) is 15.9 Å². The SMILES string of the molecule is C=CCOC(=O)[C@H]1[C@H]2C(=O)N(CCCCO)C(C(=O)N(CC=C)C(C)C)C23CC(Br)[C@@H]1O3. The number of aliphatic hydroxyl groups excluding tert-OH is 1. The van der Waals surface area contributed by atoms with E-state index in [1.165, 1.54) is 6.08 Å². The summed E-state index contributed by atoms with van der Waals surface area (Å²) in [4.78, 5) is 43.5. The van der Waals surface area contributed by atoms with Gasteiger partial charge in [0.05, 0.1) is 17.9 Å². The molecule has 0 aromatic carbocycles. The lowest BCUT2D eigenvalue weighted by Gasteiger charge is -2.38. The van der Waals surface area contributed by atoms with Gasteiger partial charge in [-0.25, -0.2) is 0 Å². The average molecular weight is 513 g/mol. The molecule has 3 aliphatic rings. The zero-order valence-electron chi connectivity index (χ0n) is 18.7. The van der Waals surface area contributed by atoms with Crippen LogP contribution in [0.2, 0.25) is 0 Å². The number of hydrogen-bond donors (Lipinski definition) is 1. The number of carbonyl (C=O) groups is 3. The lowest BCUT2D eigenvalue weighted by atomic mass is 9.70. The van der Waals surface area contributed by atoms with Crippen LogP contribution in [0.25, 0.3) is 0 Å². The monoisotopic (exact) mass is 512 g/mol. The normalized spacial score (nSPS) is 32.8. The molecular weight excluding hydrogens is 480 g/mol. The van der Waals surface area contributed by atoms with Gasteiger partial charge in [0.25, 0.3) is 0 Å². The fourth-order valence-corrected chi connectivity index (χ4v) is 6.34. The van der Waals surface area contributed by atoms with Crippen molar-refractivity contribution in [2.45, 2.75) is 61.7 Å². The minimum Gasteiger partial charge on any atom is -0.461 e. The van der Waals surface area contributed by atoms with Crippen LogP contribution in [-0.2, 0) is 23.9 Å². The maximum atomic E-state index is 13.9. The van der Waals surface area contributed by atoms with Crippen molar-refractivity contribution in [1.29, 1.82) is 0 Å². The number of likely N-dealkylation sites (tertiary alicyclic amines) is 1. The van der Waals surface area contributed by atoms with E-state index < -0.39 is 35.6 Å². The molecule has 1 N–H and O–H groups in total. The summed E-state index contributed by atoms with van der Waals surface area (Å²) in [5.41, 5.74) is -1.10. The number of rotatable bonds is 11. The molecule has 9 heteroatoms. The molecular formula is C23H33BrN2O6. The topological polar surface area (TPSA) is 96.4 Å². The van der Waals surface area contributed by atoms with Crippen LogP contribution in [0.5, 0.6) is 0 Å². The number of unbranched alkanes of at least 4 members (excludes halogenated alkanes) is 1. The molecule has 2 bridgehead atoms. The highest BCUT2D eigenvalue weighted by atomic mass is 79.9. The Kier molecular flexibility index (Phi) is 7.83. The highest BCUT2D eigenvalue weighted by Crippen LogP contribution is 2.60. The third-order valence-electron chi connectivity index (χ3n) is 6.68. The van der Waals surface area contributed by atoms with Crippen molar-refractivity contribution in [3.63, 3.8) is 0 Å². The molecule has 0 radical (unpaired) electrons. The quantitative estimate of drug-likeness (QED) is 0.196. The third-order valence-corrected chi connectivity index (χ3v) is 7.52. The van der Waals surface area contributed by atoms with E-state index in [9.17, 15) is 19.5 Å². The van der Waals surface area contributed by atoms with Crippen molar-refractivity contribution in [2.24, 2.45) is 11.8 Å². The lowest BCUT2D eigenvalue weighted by Crippen LogP contribution is -2.58. The van der Waals surface area contributed by atoms with E-state index in [-0.39, 0.29) is 35.9 Å². The summed E-state index contributed by atoms with van der Waals surface area (Å²) >= 11 is 3.62. The number of nitrogens with zero attached hydrogens (tertiary/aromatic N) is 2. The number of aliphatic hydroxyl groups is 1. The lowest BCUT2D eigenvalue weighted by molar-refractivity contribution is -0.154. The van der Waals surface area contributed by atoms with Crippen LogP contribution in [-0.4, -0.2) is 87.6 Å². The summed E-state index contributed by atoms with van der Waals surface area (Å²) < 4.78 is 11.7. The first-order chi connectivity index (χ1) is 15.2. The van der Waals surface area contributed by atoms with Gasteiger partial charge >= 0.3 is 5.97 Å². The zero-order chi connectivity index (χ0) is 23.6. The maximum absolute atomic E-state index is 13.9. The predicted octanol–water partition coefficient (Wildman–Crippen LogP) is 1.66. The van der Waals surface area contributed by atoms with Gasteiger partial charge in [0.15, 0.2) is 0 Å². The number of amides is 2. The molecule has 178 valence electrons. The van der Waals surface area contributed by atoms with Gasteiger partial charge < -0.3 is 24.4 Å². The number of alkyl halides is 1. The summed E-state index contributed by atoms with van der Waals surface area (Å²) in [5.74, 6) is -2.54. The van der Waals surface area contributed by atoms with Gasteiger partial charge in [-0.1, -0.05) is 34.7 Å². The van der Waals surface area contributed by atoms with Crippen LogP contribution in [0.1, 0.15) is 33.1 Å². The summed E-state index contributed by atoms with van der Waals surface area (Å²) in [6.45, 7) is 11.9. The minimum atomic E-state index is -1.10. The molecule has 32 heavy (non-hydrogen) atoms. The molecule has 1 spiro atoms. The van der Waals surface area contributed by atoms with E-state index >= 15 is 0 Å². The molecule has 2 amide bonds. The number of halogens is 1. The third kappa shape index (κ3) is 4.03. The Morgan fingerprint density at radius 1 is 1.38 bits per heavy atom. The van der Waals surface area contributed by atoms with Crippen molar-refractivity contribution in [2.75, 3.05) is 26.3 Å². The fraction of sp³-hybridized carbons (Fsp3) is 0.696. The van der Waals surface area contributed by atoms with Gasteiger partial charge in [-0.3, -0.25) is 14.4 Å². The molecule has 3 rings (SSSR count). The zero-order valence-corrected chi connectivity index (χ0v) is 20.3. The van der Waals surface area contributed by atoms with Crippen molar-refractivity contribution >= 4 is 33.7 Å². The Hall–Kier alpha value is -1.71. The Labute approximate surface area is 197 Å². The van der Waals surface area contributed by atoms with Gasteiger partial charge in [0.1, 0.15) is 18.2 Å². The van der Waals surface area contributed by atoms with E-state index in [0.717, 1.165) is 0 Å². The van der Waals surface area contributed by atoms with Crippen LogP contribution in [0.3, 0.4) is 0 Å². The molecule has 0 aliphatic carbocycles. The Morgan fingerprint density at radius 2 is 2.09 bits per heavy atom. The summed E-state index contributed by atoms with van der Waals surface area (Å²) in [5, 5.41) is 9.22. The van der Waals surface area contributed by atoms with E-state index in [2.05, 4.69) is 29.1 Å². The highest BCUT2D eigenvalue weighted by molar-refractivity contribution is 9.09. The number of ether oxygens (including phenoxy) is 2. The molecule has 3 fully saturated rings. The summed E-state index contributed by atoms with van der Waals surface area (Å²) in [7, 11) is 0. The minimum absolute atomic E-state index is 0.00233. The Balaban J connectivity index is 2.02. The second-order valence-electron chi connectivity index (χ2n) is 8.92. The second-order valence-corrected chi connectivity index (χ2v) is 10.1. The van der Waals surface area contributed by atoms with Gasteiger partial charge in [0, 0.05) is 30.6 Å². The van der Waals surface area contributed by atoms with E-state index in [4.69, 9.17) is 9.47 Å². The molecule has 3 unspecified atom stereocenters. The van der Waals surface area contributed by atoms with E-state index in [1.807, 2.05) is 13.8 Å². The average Bonchev–Trinajstić information content (AvgIpc) is 3.33. The second kappa shape index (κ2) is 10.1. The van der Waals surface area contributed by atoms with Crippen LogP contribution in [0.15, 0.2) is 25.3 Å². The van der Waals surface area contributed by atoms with Crippen LogP contribution in [0.4, 0.5) is 0 Å². The molecule has 6 atom stereocenters. The largest absolute Gasteiger partial charge is 0.461 e. The van der Waals surface area contributed by atoms with Crippen molar-refractivity contribution in [3.8, 4) is 0 Å². The van der Waals surface area contributed by atoms with Crippen LogP contribution < -0.4 is 0 Å². The standard InChI is InChI=1S/C23H33BrN2O6/c1-5-9-25(14(3)4)21(29)19-23-13-15(24)18(32-23)16(22(30)31-12-6-2)17(23)20(28)26(19)10-7-8-11-27/h5-6,14-19,27H,1-2,7-13H2,3-4H3/t15?,16-,17-,18-,19?,23?/m0/s1. The number of esters is 1. The van der Waals surface area contributed by atoms with Crippen LogP contribution >= 0.6 is 15.9 Å². The van der Waals surface area contributed by atoms with Gasteiger partial charge in [-0.05, 0) is 33.1 Å². The van der Waals surface area contributed by atoms with Crippen molar-refractivity contribution in [1.82, 2.24) is 9.80 Å². The Bertz CT molecular complexity index is 774. The summed E-state index contributed by atoms with van der Waals surface area (Å²) in [6.07, 6.45) is 4.11. The number of fused-ring (bicyclic) bond motifs is 1. The van der Waals surface area contributed by atoms with Gasteiger partial charge in [0.2, 0.25) is 11.8 Å². The van der Waals surface area contributed by atoms with E-state index in [0.29, 0.717) is 32.4 Å². The highest BCUT2D eigenvalue weighted by Gasteiger charge is 2.77. The molecule has 0 saturated carbocycles. The maximum Gasteiger partial charge on any atom is 0.312 e. The van der Waals surface area contributed by atoms with Gasteiger partial charge in [-0.15, -0.1) is 6.58 Å². The molecule has 8 nitrogen and oxygen atoms in total. The first-order valence-electron chi connectivity index (χ1n) is 11.2. The molecule has 0 aromatic heterocycles. The smallest absolute Gasteiger partial charge is 0.312 e. The predicted molar refractivity (Wildman–Crippen MR) is 122 cm³/mol. The van der Waals surface area contributed by atoms with Crippen LogP contribution in [0, 0.1) is 11.8 Å². The van der Waals surface area contributed by atoms with Gasteiger partial charge in [-0.2, -0.15) is 0 Å². The number of carbonyl (C=O) groups excluding carboxylic acids is 3. The molecule has 3 heterocycles. The van der Waals surface area contributed by atoms with Crippen molar-refractivity contribution < 1.29 is 29.0 Å². The molecule has 0 aromatic rings. The Morgan fingerprint density at radius 3 is 2.69 bits per heavy atom. The first kappa shape index (κ1) is 24.9. The molecule has 3 saturated heterocycles.